The van der Waals surface area contributed by atoms with Gasteiger partial charge in [-0.15, -0.1) is 0 Å². The molecule has 0 saturated carbocycles. The topological polar surface area (TPSA) is 115 Å². The van der Waals surface area contributed by atoms with Crippen LogP contribution >= 0.6 is 0 Å². The molecule has 0 aliphatic carbocycles. The quantitative estimate of drug-likeness (QED) is 0.432. The van der Waals surface area contributed by atoms with Crippen molar-refractivity contribution in [3.8, 4) is 0 Å². The summed E-state index contributed by atoms with van der Waals surface area (Å²) in [5, 5.41) is 0. The van der Waals surface area contributed by atoms with Gasteiger partial charge in [-0.25, -0.2) is 0 Å². The molecule has 0 aromatic carbocycles. The molecule has 1 heterocycles. The van der Waals surface area contributed by atoms with Gasteiger partial charge in [0.15, 0.2) is 5.78 Å². The average Bonchev–Trinajstić information content (AvgIpc) is 2.70. The van der Waals surface area contributed by atoms with E-state index < -0.39 is 51.0 Å². The fourth-order valence-corrected chi connectivity index (χ4v) is 5.78. The maximum Gasteiger partial charge on any atom is 0.224 e. The van der Waals surface area contributed by atoms with Gasteiger partial charge in [0.05, 0.1) is 6.54 Å². The molecule has 0 bridgehead atoms. The zero-order chi connectivity index (χ0) is 31.8. The summed E-state index contributed by atoms with van der Waals surface area (Å²) in [6.45, 7) is 26.3. The van der Waals surface area contributed by atoms with Crippen LogP contribution in [0.1, 0.15) is 123 Å². The normalized spacial score (nSPS) is 26.6. The van der Waals surface area contributed by atoms with Gasteiger partial charge in [0.1, 0.15) is 17.3 Å². The summed E-state index contributed by atoms with van der Waals surface area (Å²) in [4.78, 5) is 71.0. The van der Waals surface area contributed by atoms with E-state index in [-0.39, 0.29) is 61.3 Å². The monoisotopic (exact) mass is 562 g/mol. The summed E-state index contributed by atoms with van der Waals surface area (Å²) in [7, 11) is 0. The number of ketones is 4. The van der Waals surface area contributed by atoms with Crippen molar-refractivity contribution in [2.24, 2.45) is 45.7 Å². The van der Waals surface area contributed by atoms with Crippen LogP contribution < -0.4 is 5.73 Å². The zero-order valence-corrected chi connectivity index (χ0v) is 27.9. The minimum atomic E-state index is -1.00. The van der Waals surface area contributed by atoms with Crippen molar-refractivity contribution < 1.29 is 24.0 Å². The first-order valence-corrected chi connectivity index (χ1v) is 14.8. The highest BCUT2D eigenvalue weighted by Crippen LogP contribution is 2.39. The molecular weight excluding hydrogens is 504 g/mol. The SMILES string of the molecule is CC(C)(C)C1CC(=O)C(C(C)(C)C)CC(=O)C(C(C)(C)N)CC(=O)C(C(C)(C)C)CC(=O)N(C(C)(C)C)CC1=O. The molecule has 230 valence electrons. The summed E-state index contributed by atoms with van der Waals surface area (Å²) in [6.07, 6.45) is -0.215. The highest BCUT2D eigenvalue weighted by atomic mass is 16.2. The zero-order valence-electron chi connectivity index (χ0n) is 27.9. The van der Waals surface area contributed by atoms with Crippen LogP contribution in [0, 0.1) is 39.9 Å². The van der Waals surface area contributed by atoms with E-state index in [1.165, 1.54) is 0 Å². The van der Waals surface area contributed by atoms with Gasteiger partial charge in [-0.2, -0.15) is 0 Å². The lowest BCUT2D eigenvalue weighted by Gasteiger charge is -2.40. The molecular formula is C33H58N2O5. The van der Waals surface area contributed by atoms with Crippen molar-refractivity contribution in [1.29, 1.82) is 0 Å². The third-order valence-corrected chi connectivity index (χ3v) is 8.61. The Bertz CT molecular complexity index is 791. The molecule has 0 spiro atoms. The number of amides is 1. The highest BCUT2D eigenvalue weighted by molar-refractivity contribution is 5.97. The van der Waals surface area contributed by atoms with Crippen LogP contribution in [-0.4, -0.2) is 51.6 Å². The first kappa shape index (κ1) is 36.1. The third kappa shape index (κ3) is 9.60. The lowest BCUT2D eigenvalue weighted by Crippen LogP contribution is -2.51. The van der Waals surface area contributed by atoms with Gasteiger partial charge < -0.3 is 10.6 Å². The van der Waals surface area contributed by atoms with E-state index in [0.29, 0.717) is 0 Å². The van der Waals surface area contributed by atoms with Crippen molar-refractivity contribution in [3.63, 3.8) is 0 Å². The average molecular weight is 563 g/mol. The lowest BCUT2D eigenvalue weighted by molar-refractivity contribution is -0.146. The van der Waals surface area contributed by atoms with Gasteiger partial charge in [0.2, 0.25) is 5.91 Å². The number of rotatable bonds is 1. The molecule has 7 nitrogen and oxygen atoms in total. The van der Waals surface area contributed by atoms with Crippen molar-refractivity contribution in [3.05, 3.63) is 0 Å². The first-order chi connectivity index (χ1) is 17.6. The maximum absolute atomic E-state index is 13.9. The molecule has 1 saturated heterocycles. The largest absolute Gasteiger partial charge is 0.331 e. The molecule has 0 radical (unpaired) electrons. The van der Waals surface area contributed by atoms with Gasteiger partial charge in [-0.1, -0.05) is 62.3 Å². The number of carbonyl (C=O) groups is 5. The minimum absolute atomic E-state index is 0.00997. The summed E-state index contributed by atoms with van der Waals surface area (Å²) < 4.78 is 0. The van der Waals surface area contributed by atoms with E-state index in [4.69, 9.17) is 5.73 Å². The lowest BCUT2D eigenvalue weighted by atomic mass is 9.67. The number of hydrogen-bond acceptors (Lipinski definition) is 6. The standard InChI is InChI=1S/C33H58N2O5/c1-29(2,3)20-15-26(38)23(33(13,14)34)17-25(37)22(31(7,8)9)18-28(40)35(32(10,11)12)19-27(39)21(16-24(20)36)30(4,5)6/h20-23H,15-19,34H2,1-14H3. The van der Waals surface area contributed by atoms with E-state index in [0.717, 1.165) is 0 Å². The number of nitrogens with zero attached hydrogens (tertiary/aromatic N) is 1. The summed E-state index contributed by atoms with van der Waals surface area (Å²) in [5.74, 6) is -3.78. The van der Waals surface area contributed by atoms with Gasteiger partial charge >= 0.3 is 0 Å². The number of Topliss-reactive ketones (excluding diaryl/α,β-unsaturated/α-hetero) is 4. The summed E-state index contributed by atoms with van der Waals surface area (Å²) in [6, 6.07) is 0. The second kappa shape index (κ2) is 12.1. The van der Waals surface area contributed by atoms with Crippen molar-refractivity contribution in [2.75, 3.05) is 6.54 Å². The Balaban J connectivity index is 3.89. The molecule has 0 aromatic heterocycles. The Labute approximate surface area is 243 Å². The Morgan fingerprint density at radius 3 is 1.12 bits per heavy atom. The van der Waals surface area contributed by atoms with Crippen molar-refractivity contribution in [2.45, 2.75) is 134 Å². The van der Waals surface area contributed by atoms with E-state index in [1.807, 2.05) is 83.1 Å². The highest BCUT2D eigenvalue weighted by Gasteiger charge is 2.45. The minimum Gasteiger partial charge on any atom is -0.331 e. The number of carbonyl (C=O) groups excluding carboxylic acids is 5. The second-order valence-corrected chi connectivity index (χ2v) is 17.0. The molecule has 1 aliphatic rings. The molecule has 7 heteroatoms. The molecule has 4 atom stereocenters. The summed E-state index contributed by atoms with van der Waals surface area (Å²) >= 11 is 0. The van der Waals surface area contributed by atoms with Crippen LogP contribution in [0.25, 0.3) is 0 Å². The van der Waals surface area contributed by atoms with E-state index in [9.17, 15) is 24.0 Å². The van der Waals surface area contributed by atoms with Gasteiger partial charge in [0, 0.05) is 60.4 Å². The smallest absolute Gasteiger partial charge is 0.224 e. The molecule has 0 aromatic rings. The Hall–Kier alpha value is -1.89. The first-order valence-electron chi connectivity index (χ1n) is 14.8. The van der Waals surface area contributed by atoms with Crippen molar-refractivity contribution in [1.82, 2.24) is 4.90 Å². The van der Waals surface area contributed by atoms with Crippen LogP contribution in [0.15, 0.2) is 0 Å². The van der Waals surface area contributed by atoms with Gasteiger partial charge in [0.25, 0.3) is 0 Å². The summed E-state index contributed by atoms with van der Waals surface area (Å²) in [5.41, 5.74) is 3.18. The van der Waals surface area contributed by atoms with Crippen LogP contribution in [-0.2, 0) is 24.0 Å². The van der Waals surface area contributed by atoms with Gasteiger partial charge in [-0.3, -0.25) is 24.0 Å². The van der Waals surface area contributed by atoms with E-state index in [2.05, 4.69) is 0 Å². The molecule has 40 heavy (non-hydrogen) atoms. The molecule has 2 N–H and O–H groups in total. The van der Waals surface area contributed by atoms with Crippen LogP contribution in [0.5, 0.6) is 0 Å². The molecule has 1 rings (SSSR count). The van der Waals surface area contributed by atoms with Gasteiger partial charge in [-0.05, 0) is 50.9 Å². The Kier molecular flexibility index (Phi) is 11.0. The van der Waals surface area contributed by atoms with Crippen LogP contribution in [0.4, 0.5) is 0 Å². The molecule has 1 fully saturated rings. The van der Waals surface area contributed by atoms with E-state index in [1.54, 1.807) is 18.7 Å². The molecule has 4 unspecified atom stereocenters. The maximum atomic E-state index is 13.9. The Morgan fingerprint density at radius 1 is 0.500 bits per heavy atom. The Morgan fingerprint density at radius 2 is 0.800 bits per heavy atom. The predicted octanol–water partition coefficient (Wildman–Crippen LogP) is 5.80. The molecule has 1 aliphatic heterocycles. The second-order valence-electron chi connectivity index (χ2n) is 17.0. The number of nitrogens with two attached hydrogens (primary N) is 1. The van der Waals surface area contributed by atoms with Crippen LogP contribution in [0.2, 0.25) is 0 Å². The number of hydrogen-bond donors (Lipinski definition) is 1. The fraction of sp³-hybridized carbons (Fsp3) is 0.848. The van der Waals surface area contributed by atoms with E-state index >= 15 is 0 Å². The predicted molar refractivity (Wildman–Crippen MR) is 161 cm³/mol. The fourth-order valence-electron chi connectivity index (χ4n) is 5.78. The van der Waals surface area contributed by atoms with Crippen molar-refractivity contribution >= 4 is 29.0 Å². The molecule has 1 amide bonds. The third-order valence-electron chi connectivity index (χ3n) is 8.61. The van der Waals surface area contributed by atoms with Crippen LogP contribution in [0.3, 0.4) is 0 Å².